The standard InChI is InChI=1S/C14H24N4O/c1-2-12-11(6-8-19-12)9-15-10-14-17-16-13-5-3-4-7-18(13)14/h11-12,15H,2-10H2,1H3. The lowest BCUT2D eigenvalue weighted by atomic mass is 10.00. The van der Waals surface area contributed by atoms with Crippen molar-refractivity contribution in [3.63, 3.8) is 0 Å². The summed E-state index contributed by atoms with van der Waals surface area (Å²) in [5, 5.41) is 12.1. The second-order valence-electron chi connectivity index (χ2n) is 5.64. The van der Waals surface area contributed by atoms with Crippen molar-refractivity contribution < 1.29 is 4.74 Å². The van der Waals surface area contributed by atoms with Gasteiger partial charge in [0.05, 0.1) is 12.6 Å². The molecule has 0 aliphatic carbocycles. The minimum absolute atomic E-state index is 0.444. The van der Waals surface area contributed by atoms with E-state index in [1.807, 2.05) is 0 Å². The molecule has 19 heavy (non-hydrogen) atoms. The molecule has 2 aliphatic rings. The average Bonchev–Trinajstić information content (AvgIpc) is 3.06. The lowest BCUT2D eigenvalue weighted by Gasteiger charge is -2.18. The Labute approximate surface area is 114 Å². The summed E-state index contributed by atoms with van der Waals surface area (Å²) in [6.45, 7) is 6.08. The molecule has 0 saturated carbocycles. The Morgan fingerprint density at radius 2 is 2.32 bits per heavy atom. The fraction of sp³-hybridized carbons (Fsp3) is 0.857. The molecular weight excluding hydrogens is 240 g/mol. The largest absolute Gasteiger partial charge is 0.378 e. The Morgan fingerprint density at radius 3 is 3.21 bits per heavy atom. The molecule has 1 aromatic heterocycles. The molecule has 0 radical (unpaired) electrons. The van der Waals surface area contributed by atoms with Gasteiger partial charge in [0, 0.05) is 26.1 Å². The maximum absolute atomic E-state index is 5.72. The first-order valence-corrected chi connectivity index (χ1v) is 7.61. The number of hydrogen-bond acceptors (Lipinski definition) is 4. The summed E-state index contributed by atoms with van der Waals surface area (Å²) in [6.07, 6.45) is 6.34. The van der Waals surface area contributed by atoms with Crippen LogP contribution < -0.4 is 5.32 Å². The first-order valence-electron chi connectivity index (χ1n) is 7.61. The van der Waals surface area contributed by atoms with E-state index in [0.29, 0.717) is 12.0 Å². The van der Waals surface area contributed by atoms with E-state index in [2.05, 4.69) is 27.0 Å². The smallest absolute Gasteiger partial charge is 0.147 e. The highest BCUT2D eigenvalue weighted by atomic mass is 16.5. The minimum Gasteiger partial charge on any atom is -0.378 e. The normalized spacial score (nSPS) is 26.6. The summed E-state index contributed by atoms with van der Waals surface area (Å²) in [7, 11) is 0. The molecular formula is C14H24N4O. The molecule has 2 aliphatic heterocycles. The molecule has 1 fully saturated rings. The lowest BCUT2D eigenvalue weighted by molar-refractivity contribution is 0.0871. The third-order valence-electron chi connectivity index (χ3n) is 4.37. The van der Waals surface area contributed by atoms with Crippen LogP contribution in [0.2, 0.25) is 0 Å². The number of ether oxygens (including phenoxy) is 1. The molecule has 5 heteroatoms. The van der Waals surface area contributed by atoms with Crippen LogP contribution >= 0.6 is 0 Å². The zero-order valence-electron chi connectivity index (χ0n) is 11.8. The number of fused-ring (bicyclic) bond motifs is 1. The molecule has 3 heterocycles. The van der Waals surface area contributed by atoms with Gasteiger partial charge in [0.2, 0.25) is 0 Å². The number of nitrogens with one attached hydrogen (secondary N) is 1. The number of nitrogens with zero attached hydrogens (tertiary/aromatic N) is 3. The number of hydrogen-bond donors (Lipinski definition) is 1. The van der Waals surface area contributed by atoms with Gasteiger partial charge in [-0.2, -0.15) is 0 Å². The minimum atomic E-state index is 0.444. The van der Waals surface area contributed by atoms with E-state index in [1.54, 1.807) is 0 Å². The first kappa shape index (κ1) is 13.1. The van der Waals surface area contributed by atoms with Gasteiger partial charge in [0.1, 0.15) is 11.6 Å². The highest BCUT2D eigenvalue weighted by Gasteiger charge is 2.26. The molecule has 2 atom stereocenters. The van der Waals surface area contributed by atoms with Crippen molar-refractivity contribution in [3.8, 4) is 0 Å². The van der Waals surface area contributed by atoms with Gasteiger partial charge in [-0.25, -0.2) is 0 Å². The predicted octanol–water partition coefficient (Wildman–Crippen LogP) is 1.52. The second kappa shape index (κ2) is 6.01. The number of aryl methyl sites for hydroxylation is 1. The molecule has 0 aromatic carbocycles. The Hall–Kier alpha value is -0.940. The highest BCUT2D eigenvalue weighted by Crippen LogP contribution is 2.22. The van der Waals surface area contributed by atoms with Gasteiger partial charge >= 0.3 is 0 Å². The second-order valence-corrected chi connectivity index (χ2v) is 5.64. The SMILES string of the molecule is CCC1OCCC1CNCc1nnc2n1CCCC2. The zero-order valence-corrected chi connectivity index (χ0v) is 11.8. The van der Waals surface area contributed by atoms with E-state index in [-0.39, 0.29) is 0 Å². The van der Waals surface area contributed by atoms with Gasteiger partial charge in [-0.1, -0.05) is 6.92 Å². The van der Waals surface area contributed by atoms with E-state index in [9.17, 15) is 0 Å². The molecule has 1 N–H and O–H groups in total. The summed E-state index contributed by atoms with van der Waals surface area (Å²) < 4.78 is 8.01. The molecule has 0 amide bonds. The van der Waals surface area contributed by atoms with E-state index in [0.717, 1.165) is 44.9 Å². The predicted molar refractivity (Wildman–Crippen MR) is 72.8 cm³/mol. The van der Waals surface area contributed by atoms with Crippen molar-refractivity contribution in [3.05, 3.63) is 11.6 Å². The Bertz CT molecular complexity index is 418. The van der Waals surface area contributed by atoms with Crippen molar-refractivity contribution >= 4 is 0 Å². The van der Waals surface area contributed by atoms with Gasteiger partial charge in [0.25, 0.3) is 0 Å². The van der Waals surface area contributed by atoms with E-state index in [1.165, 1.54) is 25.1 Å². The van der Waals surface area contributed by atoms with Crippen molar-refractivity contribution in [1.29, 1.82) is 0 Å². The van der Waals surface area contributed by atoms with Crippen LogP contribution in [0.25, 0.3) is 0 Å². The maximum atomic E-state index is 5.72. The summed E-state index contributed by atoms with van der Waals surface area (Å²) in [4.78, 5) is 0. The van der Waals surface area contributed by atoms with Crippen LogP contribution in [0.15, 0.2) is 0 Å². The van der Waals surface area contributed by atoms with Gasteiger partial charge < -0.3 is 14.6 Å². The number of aromatic nitrogens is 3. The maximum Gasteiger partial charge on any atom is 0.147 e. The highest BCUT2D eigenvalue weighted by molar-refractivity contribution is 4.98. The van der Waals surface area contributed by atoms with E-state index in [4.69, 9.17) is 4.74 Å². The van der Waals surface area contributed by atoms with Crippen LogP contribution in [-0.4, -0.2) is 34.0 Å². The molecule has 5 nitrogen and oxygen atoms in total. The fourth-order valence-electron chi connectivity index (χ4n) is 3.25. The Balaban J connectivity index is 1.51. The van der Waals surface area contributed by atoms with Crippen LogP contribution in [0.5, 0.6) is 0 Å². The topological polar surface area (TPSA) is 52.0 Å². The lowest BCUT2D eigenvalue weighted by Crippen LogP contribution is -2.29. The quantitative estimate of drug-likeness (QED) is 0.876. The summed E-state index contributed by atoms with van der Waals surface area (Å²) in [6, 6.07) is 0. The molecule has 1 aromatic rings. The first-order chi connectivity index (χ1) is 9.38. The van der Waals surface area contributed by atoms with Crippen molar-refractivity contribution in [2.45, 2.75) is 58.2 Å². The van der Waals surface area contributed by atoms with Crippen molar-refractivity contribution in [2.75, 3.05) is 13.2 Å². The van der Waals surface area contributed by atoms with Crippen LogP contribution in [0, 0.1) is 5.92 Å². The van der Waals surface area contributed by atoms with Crippen LogP contribution in [0.1, 0.15) is 44.3 Å². The van der Waals surface area contributed by atoms with Crippen LogP contribution in [0.4, 0.5) is 0 Å². The summed E-state index contributed by atoms with van der Waals surface area (Å²) >= 11 is 0. The monoisotopic (exact) mass is 264 g/mol. The third kappa shape index (κ3) is 2.82. The molecule has 0 spiro atoms. The summed E-state index contributed by atoms with van der Waals surface area (Å²) in [5.74, 6) is 2.93. The molecule has 106 valence electrons. The van der Waals surface area contributed by atoms with E-state index >= 15 is 0 Å². The Kier molecular flexibility index (Phi) is 4.13. The van der Waals surface area contributed by atoms with Gasteiger partial charge in [-0.15, -0.1) is 10.2 Å². The molecule has 1 saturated heterocycles. The summed E-state index contributed by atoms with van der Waals surface area (Å²) in [5.41, 5.74) is 0. The fourth-order valence-corrected chi connectivity index (χ4v) is 3.25. The third-order valence-corrected chi connectivity index (χ3v) is 4.37. The zero-order chi connectivity index (χ0) is 13.1. The number of rotatable bonds is 5. The van der Waals surface area contributed by atoms with E-state index < -0.39 is 0 Å². The van der Waals surface area contributed by atoms with Crippen molar-refractivity contribution in [2.24, 2.45) is 5.92 Å². The molecule has 3 rings (SSSR count). The van der Waals surface area contributed by atoms with Gasteiger partial charge in [0.15, 0.2) is 0 Å². The average molecular weight is 264 g/mol. The van der Waals surface area contributed by atoms with Gasteiger partial charge in [-0.05, 0) is 31.6 Å². The van der Waals surface area contributed by atoms with Crippen LogP contribution in [-0.2, 0) is 24.2 Å². The van der Waals surface area contributed by atoms with Crippen LogP contribution in [0.3, 0.4) is 0 Å². The van der Waals surface area contributed by atoms with Gasteiger partial charge in [-0.3, -0.25) is 0 Å². The molecule has 2 unspecified atom stereocenters. The Morgan fingerprint density at radius 1 is 1.37 bits per heavy atom. The molecule has 0 bridgehead atoms. The van der Waals surface area contributed by atoms with Crippen molar-refractivity contribution in [1.82, 2.24) is 20.1 Å².